The molecular formula is C17H20N2O. The number of nitrogens with two attached hydrogens (primary N) is 1. The SMILES string of the molecule is CC(c1ccc(N)cc1)N1CCCOc2ccccc21. The molecule has 0 spiro atoms. The van der Waals surface area contributed by atoms with Crippen molar-refractivity contribution in [2.45, 2.75) is 19.4 Å². The van der Waals surface area contributed by atoms with E-state index in [0.29, 0.717) is 6.04 Å². The van der Waals surface area contributed by atoms with Gasteiger partial charge < -0.3 is 15.4 Å². The molecule has 3 nitrogen and oxygen atoms in total. The van der Waals surface area contributed by atoms with Crippen molar-refractivity contribution in [3.63, 3.8) is 0 Å². The maximum atomic E-state index is 5.82. The molecule has 104 valence electrons. The van der Waals surface area contributed by atoms with Gasteiger partial charge in [-0.25, -0.2) is 0 Å². The minimum Gasteiger partial charge on any atom is -0.491 e. The predicted octanol–water partition coefficient (Wildman–Crippen LogP) is 3.62. The van der Waals surface area contributed by atoms with Crippen molar-refractivity contribution < 1.29 is 4.74 Å². The zero-order chi connectivity index (χ0) is 13.9. The van der Waals surface area contributed by atoms with E-state index in [4.69, 9.17) is 10.5 Å². The lowest BCUT2D eigenvalue weighted by Gasteiger charge is -2.31. The lowest BCUT2D eigenvalue weighted by molar-refractivity contribution is 0.322. The highest BCUT2D eigenvalue weighted by Crippen LogP contribution is 2.36. The maximum Gasteiger partial charge on any atom is 0.142 e. The van der Waals surface area contributed by atoms with Crippen LogP contribution in [0.5, 0.6) is 5.75 Å². The summed E-state index contributed by atoms with van der Waals surface area (Å²) in [6, 6.07) is 16.7. The summed E-state index contributed by atoms with van der Waals surface area (Å²) in [6.07, 6.45) is 1.04. The molecule has 3 rings (SSSR count). The van der Waals surface area contributed by atoms with E-state index in [1.807, 2.05) is 24.3 Å². The molecule has 2 aromatic rings. The van der Waals surface area contributed by atoms with Gasteiger partial charge in [0.1, 0.15) is 5.75 Å². The van der Waals surface area contributed by atoms with Crippen LogP contribution in [0, 0.1) is 0 Å². The number of anilines is 2. The van der Waals surface area contributed by atoms with Crippen LogP contribution in [-0.2, 0) is 0 Å². The molecule has 0 amide bonds. The Morgan fingerprint density at radius 2 is 1.85 bits per heavy atom. The second-order valence-corrected chi connectivity index (χ2v) is 5.21. The van der Waals surface area contributed by atoms with Gasteiger partial charge in [0.25, 0.3) is 0 Å². The van der Waals surface area contributed by atoms with Crippen LogP contribution in [0.15, 0.2) is 48.5 Å². The fourth-order valence-electron chi connectivity index (χ4n) is 2.71. The van der Waals surface area contributed by atoms with Crippen LogP contribution in [0.2, 0.25) is 0 Å². The molecule has 20 heavy (non-hydrogen) atoms. The Bertz CT molecular complexity index is 580. The molecule has 0 saturated heterocycles. The van der Waals surface area contributed by atoms with E-state index in [2.05, 4.69) is 36.1 Å². The normalized spacial score (nSPS) is 15.9. The molecule has 1 unspecified atom stereocenters. The largest absolute Gasteiger partial charge is 0.491 e. The summed E-state index contributed by atoms with van der Waals surface area (Å²) in [4.78, 5) is 2.41. The van der Waals surface area contributed by atoms with Gasteiger partial charge >= 0.3 is 0 Å². The van der Waals surface area contributed by atoms with E-state index < -0.39 is 0 Å². The van der Waals surface area contributed by atoms with Gasteiger partial charge in [-0.1, -0.05) is 24.3 Å². The number of rotatable bonds is 2. The first kappa shape index (κ1) is 12.9. The zero-order valence-corrected chi connectivity index (χ0v) is 11.8. The molecule has 2 aromatic carbocycles. The van der Waals surface area contributed by atoms with Crippen molar-refractivity contribution in [3.8, 4) is 5.75 Å². The monoisotopic (exact) mass is 268 g/mol. The zero-order valence-electron chi connectivity index (χ0n) is 11.8. The molecule has 0 aromatic heterocycles. The van der Waals surface area contributed by atoms with Crippen molar-refractivity contribution in [1.82, 2.24) is 0 Å². The van der Waals surface area contributed by atoms with E-state index in [-0.39, 0.29) is 0 Å². The number of hydrogen-bond donors (Lipinski definition) is 1. The van der Waals surface area contributed by atoms with Crippen LogP contribution in [0.4, 0.5) is 11.4 Å². The first-order valence-electron chi connectivity index (χ1n) is 7.09. The van der Waals surface area contributed by atoms with Crippen LogP contribution in [0.3, 0.4) is 0 Å². The minimum absolute atomic E-state index is 0.304. The Kier molecular flexibility index (Phi) is 3.50. The summed E-state index contributed by atoms with van der Waals surface area (Å²) in [5.41, 5.74) is 9.03. The molecule has 1 aliphatic heterocycles. The van der Waals surface area contributed by atoms with Crippen LogP contribution >= 0.6 is 0 Å². The van der Waals surface area contributed by atoms with Crippen molar-refractivity contribution in [3.05, 3.63) is 54.1 Å². The summed E-state index contributed by atoms with van der Waals surface area (Å²) < 4.78 is 5.82. The van der Waals surface area contributed by atoms with E-state index in [9.17, 15) is 0 Å². The molecule has 3 heteroatoms. The van der Waals surface area contributed by atoms with E-state index >= 15 is 0 Å². The highest BCUT2D eigenvalue weighted by atomic mass is 16.5. The third-order valence-corrected chi connectivity index (χ3v) is 3.86. The highest BCUT2D eigenvalue weighted by Gasteiger charge is 2.21. The van der Waals surface area contributed by atoms with Gasteiger partial charge in [0, 0.05) is 12.2 Å². The van der Waals surface area contributed by atoms with Crippen molar-refractivity contribution >= 4 is 11.4 Å². The first-order valence-corrected chi connectivity index (χ1v) is 7.09. The van der Waals surface area contributed by atoms with E-state index in [0.717, 1.165) is 31.0 Å². The number of nitrogen functional groups attached to an aromatic ring is 1. The van der Waals surface area contributed by atoms with Gasteiger partial charge in [0.15, 0.2) is 0 Å². The molecule has 1 heterocycles. The van der Waals surface area contributed by atoms with Gasteiger partial charge in [-0.3, -0.25) is 0 Å². The summed E-state index contributed by atoms with van der Waals surface area (Å²) in [7, 11) is 0. The van der Waals surface area contributed by atoms with Crippen LogP contribution < -0.4 is 15.4 Å². The Hall–Kier alpha value is -2.16. The summed E-state index contributed by atoms with van der Waals surface area (Å²) >= 11 is 0. The van der Waals surface area contributed by atoms with Crippen molar-refractivity contribution in [2.24, 2.45) is 0 Å². The number of hydrogen-bond acceptors (Lipinski definition) is 3. The Morgan fingerprint density at radius 3 is 2.65 bits per heavy atom. The van der Waals surface area contributed by atoms with Gasteiger partial charge in [-0.05, 0) is 43.2 Å². The summed E-state index contributed by atoms with van der Waals surface area (Å²) in [5, 5.41) is 0. The Morgan fingerprint density at radius 1 is 1.10 bits per heavy atom. The standard InChI is InChI=1S/C17H20N2O/c1-13(14-7-9-15(18)10-8-14)19-11-4-12-20-17-6-3-2-5-16(17)19/h2-3,5-10,13H,4,11-12,18H2,1H3. The van der Waals surface area contributed by atoms with E-state index in [1.165, 1.54) is 11.3 Å². The fraction of sp³-hybridized carbons (Fsp3) is 0.294. The predicted molar refractivity (Wildman–Crippen MR) is 83.2 cm³/mol. The fourth-order valence-corrected chi connectivity index (χ4v) is 2.71. The summed E-state index contributed by atoms with van der Waals surface area (Å²) in [6.45, 7) is 4.01. The molecule has 0 bridgehead atoms. The van der Waals surface area contributed by atoms with Gasteiger partial charge in [-0.2, -0.15) is 0 Å². The average Bonchev–Trinajstić information content (AvgIpc) is 2.69. The van der Waals surface area contributed by atoms with Gasteiger partial charge in [-0.15, -0.1) is 0 Å². The molecule has 0 fully saturated rings. The second-order valence-electron chi connectivity index (χ2n) is 5.21. The number of nitrogens with zero attached hydrogens (tertiary/aromatic N) is 1. The number of para-hydroxylation sites is 2. The van der Waals surface area contributed by atoms with Crippen molar-refractivity contribution in [1.29, 1.82) is 0 Å². The lowest BCUT2D eigenvalue weighted by atomic mass is 10.1. The molecule has 0 saturated carbocycles. The lowest BCUT2D eigenvalue weighted by Crippen LogP contribution is -2.27. The highest BCUT2D eigenvalue weighted by molar-refractivity contribution is 5.60. The number of benzene rings is 2. The molecule has 0 aliphatic carbocycles. The second kappa shape index (κ2) is 5.45. The third-order valence-electron chi connectivity index (χ3n) is 3.86. The van der Waals surface area contributed by atoms with Crippen LogP contribution in [-0.4, -0.2) is 13.2 Å². The van der Waals surface area contributed by atoms with Crippen LogP contribution in [0.1, 0.15) is 24.9 Å². The smallest absolute Gasteiger partial charge is 0.142 e. The minimum atomic E-state index is 0.304. The average molecular weight is 268 g/mol. The number of fused-ring (bicyclic) bond motifs is 1. The molecular weight excluding hydrogens is 248 g/mol. The molecule has 1 atom stereocenters. The topological polar surface area (TPSA) is 38.5 Å². The molecule has 0 radical (unpaired) electrons. The van der Waals surface area contributed by atoms with Crippen LogP contribution in [0.25, 0.3) is 0 Å². The number of ether oxygens (including phenoxy) is 1. The Labute approximate surface area is 120 Å². The summed E-state index contributed by atoms with van der Waals surface area (Å²) in [5.74, 6) is 0.979. The Balaban J connectivity index is 1.94. The molecule has 2 N–H and O–H groups in total. The van der Waals surface area contributed by atoms with Gasteiger partial charge in [0.2, 0.25) is 0 Å². The molecule has 1 aliphatic rings. The third kappa shape index (κ3) is 2.44. The van der Waals surface area contributed by atoms with Crippen molar-refractivity contribution in [2.75, 3.05) is 23.8 Å². The van der Waals surface area contributed by atoms with Gasteiger partial charge in [0.05, 0.1) is 18.3 Å². The quantitative estimate of drug-likeness (QED) is 0.845. The first-order chi connectivity index (χ1) is 9.75. The van der Waals surface area contributed by atoms with E-state index in [1.54, 1.807) is 0 Å². The maximum absolute atomic E-state index is 5.82.